The Morgan fingerprint density at radius 2 is 1.82 bits per heavy atom. The first-order chi connectivity index (χ1) is 16.7. The lowest BCUT2D eigenvalue weighted by atomic mass is 10.0. The van der Waals surface area contributed by atoms with Crippen LogP contribution >= 0.6 is 0 Å². The Labute approximate surface area is 198 Å². The summed E-state index contributed by atoms with van der Waals surface area (Å²) in [5.41, 5.74) is 3.64. The standard InChI is InChI=1S/C26H26N6O2/c1-3-6-21(19-7-4-11-27-14-19)30-25-17-29-16-23(31-25)18-9-10-22(24(13-18)34-2)32-26(33)20-8-5-12-28-15-20/h4-5,7-17,21H,3,6H2,1-2H3,(H,30,31)(H,32,33). The van der Waals surface area contributed by atoms with Gasteiger partial charge in [0, 0.05) is 30.4 Å². The van der Waals surface area contributed by atoms with Crippen molar-refractivity contribution in [2.45, 2.75) is 25.8 Å². The fourth-order valence-electron chi connectivity index (χ4n) is 3.59. The predicted molar refractivity (Wildman–Crippen MR) is 132 cm³/mol. The number of ether oxygens (including phenoxy) is 1. The molecule has 1 aromatic carbocycles. The number of hydrogen-bond acceptors (Lipinski definition) is 7. The van der Waals surface area contributed by atoms with Gasteiger partial charge in [0.25, 0.3) is 5.91 Å². The molecule has 0 fully saturated rings. The third kappa shape index (κ3) is 5.53. The van der Waals surface area contributed by atoms with Crippen LogP contribution in [-0.4, -0.2) is 33.0 Å². The number of pyridine rings is 2. The Balaban J connectivity index is 1.55. The Hall–Kier alpha value is -4.33. The molecule has 0 aliphatic heterocycles. The highest BCUT2D eigenvalue weighted by atomic mass is 16.5. The van der Waals surface area contributed by atoms with Crippen molar-refractivity contribution in [3.05, 3.63) is 90.8 Å². The van der Waals surface area contributed by atoms with Crippen LogP contribution in [0.25, 0.3) is 11.3 Å². The number of benzene rings is 1. The van der Waals surface area contributed by atoms with E-state index < -0.39 is 0 Å². The van der Waals surface area contributed by atoms with Crippen LogP contribution in [0.4, 0.5) is 11.5 Å². The average molecular weight is 455 g/mol. The number of hydrogen-bond donors (Lipinski definition) is 2. The molecule has 172 valence electrons. The molecule has 1 amide bonds. The molecule has 0 aliphatic rings. The van der Waals surface area contributed by atoms with Gasteiger partial charge >= 0.3 is 0 Å². The first-order valence-electron chi connectivity index (χ1n) is 11.1. The van der Waals surface area contributed by atoms with Crippen molar-refractivity contribution in [1.29, 1.82) is 0 Å². The van der Waals surface area contributed by atoms with Gasteiger partial charge in [0.05, 0.1) is 42.5 Å². The molecule has 0 saturated carbocycles. The van der Waals surface area contributed by atoms with E-state index >= 15 is 0 Å². The Morgan fingerprint density at radius 1 is 1.00 bits per heavy atom. The molecule has 3 heterocycles. The highest BCUT2D eigenvalue weighted by molar-refractivity contribution is 6.05. The molecule has 0 radical (unpaired) electrons. The molecule has 4 rings (SSSR count). The summed E-state index contributed by atoms with van der Waals surface area (Å²) in [6, 6.07) is 13.0. The number of carbonyl (C=O) groups excluding carboxylic acids is 1. The largest absolute Gasteiger partial charge is 0.495 e. The molecule has 2 N–H and O–H groups in total. The lowest BCUT2D eigenvalue weighted by Crippen LogP contribution is -2.13. The molecule has 1 unspecified atom stereocenters. The first kappa shape index (κ1) is 22.8. The van der Waals surface area contributed by atoms with Gasteiger partial charge in [-0.15, -0.1) is 0 Å². The number of rotatable bonds is 9. The van der Waals surface area contributed by atoms with Crippen molar-refractivity contribution in [2.24, 2.45) is 0 Å². The van der Waals surface area contributed by atoms with Gasteiger partial charge in [-0.05, 0) is 42.3 Å². The van der Waals surface area contributed by atoms with Crippen LogP contribution in [0.5, 0.6) is 5.75 Å². The van der Waals surface area contributed by atoms with E-state index in [1.165, 1.54) is 6.20 Å². The second kappa shape index (κ2) is 11.0. The summed E-state index contributed by atoms with van der Waals surface area (Å²) in [6.45, 7) is 2.15. The monoisotopic (exact) mass is 454 g/mol. The van der Waals surface area contributed by atoms with Crippen molar-refractivity contribution in [3.8, 4) is 17.0 Å². The average Bonchev–Trinajstić information content (AvgIpc) is 2.90. The zero-order chi connectivity index (χ0) is 23.8. The minimum absolute atomic E-state index is 0.0860. The van der Waals surface area contributed by atoms with Crippen LogP contribution in [0, 0.1) is 0 Å². The summed E-state index contributed by atoms with van der Waals surface area (Å²) in [4.78, 5) is 29.9. The maximum atomic E-state index is 12.5. The minimum atomic E-state index is -0.262. The number of nitrogens with zero attached hydrogens (tertiary/aromatic N) is 4. The number of amides is 1. The molecule has 0 bridgehead atoms. The Morgan fingerprint density at radius 3 is 2.53 bits per heavy atom. The molecular formula is C26H26N6O2. The van der Waals surface area contributed by atoms with Gasteiger partial charge in [0.15, 0.2) is 0 Å². The zero-order valence-corrected chi connectivity index (χ0v) is 19.1. The molecule has 34 heavy (non-hydrogen) atoms. The van der Waals surface area contributed by atoms with Crippen molar-refractivity contribution < 1.29 is 9.53 Å². The van der Waals surface area contributed by atoms with Crippen molar-refractivity contribution in [2.75, 3.05) is 17.7 Å². The van der Waals surface area contributed by atoms with E-state index in [1.807, 2.05) is 24.4 Å². The van der Waals surface area contributed by atoms with Gasteiger partial charge in [-0.25, -0.2) is 4.98 Å². The van der Waals surface area contributed by atoms with Gasteiger partial charge < -0.3 is 15.4 Å². The molecule has 0 spiro atoms. The van der Waals surface area contributed by atoms with Crippen LogP contribution in [0.3, 0.4) is 0 Å². The van der Waals surface area contributed by atoms with Gasteiger partial charge in [0.1, 0.15) is 11.6 Å². The quantitative estimate of drug-likeness (QED) is 0.361. The molecule has 8 heteroatoms. The minimum Gasteiger partial charge on any atom is -0.495 e. The topological polar surface area (TPSA) is 102 Å². The summed E-state index contributed by atoms with van der Waals surface area (Å²) < 4.78 is 5.53. The summed E-state index contributed by atoms with van der Waals surface area (Å²) in [6.07, 6.45) is 12.1. The molecule has 0 saturated heterocycles. The van der Waals surface area contributed by atoms with E-state index in [1.54, 1.807) is 50.1 Å². The second-order valence-electron chi connectivity index (χ2n) is 7.67. The van der Waals surface area contributed by atoms with E-state index in [9.17, 15) is 4.79 Å². The smallest absolute Gasteiger partial charge is 0.257 e. The van der Waals surface area contributed by atoms with Crippen LogP contribution in [0.2, 0.25) is 0 Å². The molecule has 3 aromatic heterocycles. The lowest BCUT2D eigenvalue weighted by molar-refractivity contribution is 0.102. The molecule has 8 nitrogen and oxygen atoms in total. The van der Waals surface area contributed by atoms with Crippen LogP contribution in [-0.2, 0) is 0 Å². The number of anilines is 2. The Kier molecular flexibility index (Phi) is 7.39. The van der Waals surface area contributed by atoms with Gasteiger partial charge in [-0.3, -0.25) is 19.7 Å². The maximum absolute atomic E-state index is 12.5. The van der Waals surface area contributed by atoms with Crippen LogP contribution in [0.1, 0.15) is 41.7 Å². The molecule has 4 aromatic rings. The summed E-state index contributed by atoms with van der Waals surface area (Å²) >= 11 is 0. The number of carbonyl (C=O) groups is 1. The molecule has 1 atom stereocenters. The number of nitrogens with one attached hydrogen (secondary N) is 2. The number of aromatic nitrogens is 4. The van der Waals surface area contributed by atoms with Gasteiger partial charge in [-0.2, -0.15) is 0 Å². The van der Waals surface area contributed by atoms with E-state index in [4.69, 9.17) is 9.72 Å². The van der Waals surface area contributed by atoms with Crippen molar-refractivity contribution >= 4 is 17.4 Å². The fourth-order valence-corrected chi connectivity index (χ4v) is 3.59. The third-order valence-electron chi connectivity index (χ3n) is 5.29. The second-order valence-corrected chi connectivity index (χ2v) is 7.67. The van der Waals surface area contributed by atoms with Crippen molar-refractivity contribution in [1.82, 2.24) is 19.9 Å². The highest BCUT2D eigenvalue weighted by Gasteiger charge is 2.14. The molecular weight excluding hydrogens is 428 g/mol. The van der Waals surface area contributed by atoms with Gasteiger partial charge in [0.2, 0.25) is 0 Å². The van der Waals surface area contributed by atoms with Crippen LogP contribution < -0.4 is 15.4 Å². The van der Waals surface area contributed by atoms with Gasteiger partial charge in [-0.1, -0.05) is 25.5 Å². The SMILES string of the molecule is CCCC(Nc1cncc(-c2ccc(NC(=O)c3cccnc3)c(OC)c2)n1)c1cccnc1. The predicted octanol–water partition coefficient (Wildman–Crippen LogP) is 5.15. The summed E-state index contributed by atoms with van der Waals surface area (Å²) in [7, 11) is 1.56. The highest BCUT2D eigenvalue weighted by Crippen LogP contribution is 2.31. The summed E-state index contributed by atoms with van der Waals surface area (Å²) in [5, 5.41) is 6.35. The van der Waals surface area contributed by atoms with Crippen molar-refractivity contribution in [3.63, 3.8) is 0 Å². The van der Waals surface area contributed by atoms with E-state index in [0.29, 0.717) is 28.5 Å². The van der Waals surface area contributed by atoms with Crippen LogP contribution in [0.15, 0.2) is 79.6 Å². The first-order valence-corrected chi connectivity index (χ1v) is 11.1. The zero-order valence-electron chi connectivity index (χ0n) is 19.1. The Bertz CT molecular complexity index is 1230. The number of methoxy groups -OCH3 is 1. The van der Waals surface area contributed by atoms with E-state index in [2.05, 4.69) is 38.6 Å². The van der Waals surface area contributed by atoms with E-state index in [-0.39, 0.29) is 11.9 Å². The fraction of sp³-hybridized carbons (Fsp3) is 0.192. The lowest BCUT2D eigenvalue weighted by Gasteiger charge is -2.19. The maximum Gasteiger partial charge on any atom is 0.257 e. The van der Waals surface area contributed by atoms with E-state index in [0.717, 1.165) is 24.0 Å². The summed E-state index contributed by atoms with van der Waals surface area (Å²) in [5.74, 6) is 0.935. The normalized spacial score (nSPS) is 11.5. The molecule has 0 aliphatic carbocycles. The third-order valence-corrected chi connectivity index (χ3v) is 5.29.